The van der Waals surface area contributed by atoms with Crippen LogP contribution in [0.1, 0.15) is 0 Å². The van der Waals surface area contributed by atoms with Crippen LogP contribution in [0, 0.1) is 0 Å². The molecular weight excluding hydrogens is 671 g/mol. The molecule has 0 unspecified atom stereocenters. The Morgan fingerprint density at radius 1 is 0.364 bits per heavy atom. The lowest BCUT2D eigenvalue weighted by atomic mass is 9.34. The first kappa shape index (κ1) is 29.1. The third kappa shape index (κ3) is 3.69. The van der Waals surface area contributed by atoms with E-state index in [0.717, 1.165) is 67.6 Å². The maximum absolute atomic E-state index is 5.45. The van der Waals surface area contributed by atoms with Crippen molar-refractivity contribution in [1.82, 2.24) is 27.9 Å². The molecule has 2 aliphatic rings. The molecule has 0 radical (unpaired) electrons. The zero-order valence-corrected chi connectivity index (χ0v) is 29.5. The smallest absolute Gasteiger partial charge is 0.252 e. The Hall–Kier alpha value is -7.38. The Morgan fingerprint density at radius 3 is 1.16 bits per heavy atom. The van der Waals surface area contributed by atoms with E-state index in [4.69, 9.17) is 9.97 Å². The first-order chi connectivity index (χ1) is 27.3. The Labute approximate surface area is 315 Å². The summed E-state index contributed by atoms with van der Waals surface area (Å²) in [6, 6.07) is 63.0. The predicted octanol–water partition coefficient (Wildman–Crippen LogP) is 8.68. The van der Waals surface area contributed by atoms with Gasteiger partial charge in [-0.3, -0.25) is 17.9 Å². The Bertz CT molecular complexity index is 3130. The van der Waals surface area contributed by atoms with Gasteiger partial charge in [-0.05, 0) is 40.7 Å². The Kier molecular flexibility index (Phi) is 5.62. The van der Waals surface area contributed by atoms with Gasteiger partial charge in [-0.1, -0.05) is 152 Å². The maximum atomic E-state index is 5.45. The lowest BCUT2D eigenvalue weighted by Gasteiger charge is -2.32. The first-order valence-corrected chi connectivity index (χ1v) is 18.8. The summed E-state index contributed by atoms with van der Waals surface area (Å²) in [4.78, 5) is 10.9. The number of fused-ring (bicyclic) bond motifs is 10. The van der Waals surface area contributed by atoms with Crippen molar-refractivity contribution in [2.24, 2.45) is 0 Å². The van der Waals surface area contributed by atoms with Crippen molar-refractivity contribution in [3.8, 4) is 56.7 Å². The van der Waals surface area contributed by atoms with E-state index in [2.05, 4.69) is 194 Å². The van der Waals surface area contributed by atoms with Gasteiger partial charge < -0.3 is 0 Å². The molecule has 0 saturated carbocycles. The van der Waals surface area contributed by atoms with Crippen molar-refractivity contribution in [2.75, 3.05) is 0 Å². The molecule has 0 spiro atoms. The van der Waals surface area contributed by atoms with E-state index >= 15 is 0 Å². The highest BCUT2D eigenvalue weighted by molar-refractivity contribution is 7.00. The summed E-state index contributed by atoms with van der Waals surface area (Å²) in [5, 5.41) is 0. The molecule has 254 valence electrons. The van der Waals surface area contributed by atoms with E-state index < -0.39 is 0 Å². The number of hydrogen-bond acceptors (Lipinski definition) is 2. The topological polar surface area (TPSA) is 44.5 Å². The molecule has 13 rings (SSSR count). The van der Waals surface area contributed by atoms with Crippen molar-refractivity contribution in [3.05, 3.63) is 176 Å². The van der Waals surface area contributed by atoms with Gasteiger partial charge in [-0.2, -0.15) is 0 Å². The number of para-hydroxylation sites is 2. The second-order valence-electron chi connectivity index (χ2n) is 14.6. The van der Waals surface area contributed by atoms with Crippen LogP contribution in [-0.4, -0.2) is 34.6 Å². The van der Waals surface area contributed by atoms with Crippen LogP contribution in [0.4, 0.5) is 0 Å². The molecule has 0 aliphatic carbocycles. The minimum atomic E-state index is 0.0273. The van der Waals surface area contributed by atoms with Crippen LogP contribution in [0.25, 0.3) is 90.0 Å². The van der Waals surface area contributed by atoms with Crippen molar-refractivity contribution in [2.45, 2.75) is 0 Å². The minimum Gasteiger partial charge on any atom is -0.293 e. The van der Waals surface area contributed by atoms with E-state index in [9.17, 15) is 0 Å². The summed E-state index contributed by atoms with van der Waals surface area (Å²) in [5.41, 5.74) is 19.4. The summed E-state index contributed by atoms with van der Waals surface area (Å²) < 4.78 is 9.78. The van der Waals surface area contributed by atoms with E-state index in [-0.39, 0.29) is 6.71 Å². The van der Waals surface area contributed by atoms with Crippen molar-refractivity contribution >= 4 is 56.5 Å². The molecule has 0 atom stereocenters. The third-order valence-corrected chi connectivity index (χ3v) is 11.8. The van der Waals surface area contributed by atoms with Gasteiger partial charge in [0.1, 0.15) is 23.0 Å². The molecule has 0 fully saturated rings. The molecule has 0 amide bonds. The third-order valence-electron chi connectivity index (χ3n) is 11.8. The Balaban J connectivity index is 1.21. The van der Waals surface area contributed by atoms with Gasteiger partial charge in [0.2, 0.25) is 0 Å². The number of nitrogens with zero attached hydrogens (tertiary/aromatic N) is 6. The van der Waals surface area contributed by atoms with Gasteiger partial charge >= 0.3 is 0 Å². The maximum Gasteiger partial charge on any atom is 0.252 e. The molecule has 0 saturated heterocycles. The molecule has 6 nitrogen and oxygen atoms in total. The van der Waals surface area contributed by atoms with Gasteiger partial charge in [0, 0.05) is 33.6 Å². The second kappa shape index (κ2) is 10.6. The SMILES string of the molecule is c1ccc(-c2nc(-c3ccccc3)n3c4cccc5c4n(c23)-c2cccc3c2B5c2cccc4c2n-3c2c(-c3ccccc3)nc(-c3ccccc3)n42)cc1. The number of benzene rings is 7. The van der Waals surface area contributed by atoms with E-state index in [1.54, 1.807) is 0 Å². The number of rotatable bonds is 4. The normalized spacial score (nSPS) is 12.7. The summed E-state index contributed by atoms with van der Waals surface area (Å²) in [6.07, 6.45) is 0. The van der Waals surface area contributed by atoms with Crippen LogP contribution in [-0.2, 0) is 0 Å². The molecule has 11 aromatic rings. The van der Waals surface area contributed by atoms with E-state index in [1.807, 2.05) is 0 Å². The van der Waals surface area contributed by atoms with Gasteiger partial charge in [-0.15, -0.1) is 0 Å². The molecule has 6 heterocycles. The quantitative estimate of drug-likeness (QED) is 0.173. The fourth-order valence-corrected chi connectivity index (χ4v) is 9.63. The minimum absolute atomic E-state index is 0.0273. The van der Waals surface area contributed by atoms with E-state index in [0.29, 0.717) is 0 Å². The summed E-state index contributed by atoms with van der Waals surface area (Å²) in [7, 11) is 0. The fraction of sp³-hybridized carbons (Fsp3) is 0. The molecule has 7 aromatic carbocycles. The Morgan fingerprint density at radius 2 is 0.745 bits per heavy atom. The molecular formula is C48H29BN6. The van der Waals surface area contributed by atoms with Crippen LogP contribution >= 0.6 is 0 Å². The molecule has 0 N–H and O–H groups in total. The predicted molar refractivity (Wildman–Crippen MR) is 224 cm³/mol. The highest BCUT2D eigenvalue weighted by Crippen LogP contribution is 2.41. The molecule has 0 bridgehead atoms. The zero-order chi connectivity index (χ0) is 35.8. The standard InChI is InChI=1S/C48H29BN6/c1-5-16-30(17-6-1)41-47-52-36-26-15-27-37-40(36)49(34-24-13-28-38(43(34)52)54(47)45(50-41)32-20-9-3-10-21-32)35-25-14-29-39-44(35)53(37)48-42(31-18-7-2-8-19-31)51-46(55(39)48)33-22-11-4-12-23-33/h1-29H. The van der Waals surface area contributed by atoms with Crippen LogP contribution in [0.2, 0.25) is 0 Å². The van der Waals surface area contributed by atoms with Crippen LogP contribution < -0.4 is 16.4 Å². The lowest BCUT2D eigenvalue weighted by molar-refractivity contribution is 1.11. The monoisotopic (exact) mass is 700 g/mol. The van der Waals surface area contributed by atoms with Crippen molar-refractivity contribution in [1.29, 1.82) is 0 Å². The summed E-state index contributed by atoms with van der Waals surface area (Å²) in [6.45, 7) is 0.0273. The van der Waals surface area contributed by atoms with Crippen molar-refractivity contribution in [3.63, 3.8) is 0 Å². The van der Waals surface area contributed by atoms with Gasteiger partial charge in [0.25, 0.3) is 6.71 Å². The van der Waals surface area contributed by atoms with Gasteiger partial charge in [-0.25, -0.2) is 9.97 Å². The largest absolute Gasteiger partial charge is 0.293 e. The number of aromatic nitrogens is 6. The lowest BCUT2D eigenvalue weighted by Crippen LogP contribution is -2.59. The molecule has 55 heavy (non-hydrogen) atoms. The second-order valence-corrected chi connectivity index (χ2v) is 14.6. The van der Waals surface area contributed by atoms with Crippen LogP contribution in [0.15, 0.2) is 176 Å². The molecule has 2 aliphatic heterocycles. The highest BCUT2D eigenvalue weighted by atomic mass is 15.2. The van der Waals surface area contributed by atoms with Gasteiger partial charge in [0.15, 0.2) is 11.3 Å². The summed E-state index contributed by atoms with van der Waals surface area (Å²) in [5.74, 6) is 1.88. The van der Waals surface area contributed by atoms with Crippen LogP contribution in [0.3, 0.4) is 0 Å². The number of imidazole rings is 4. The van der Waals surface area contributed by atoms with Crippen molar-refractivity contribution < 1.29 is 0 Å². The fourth-order valence-electron chi connectivity index (χ4n) is 9.63. The zero-order valence-electron chi connectivity index (χ0n) is 29.5. The van der Waals surface area contributed by atoms with Crippen LogP contribution in [0.5, 0.6) is 0 Å². The average Bonchev–Trinajstić information content (AvgIpc) is 4.01. The summed E-state index contributed by atoms with van der Waals surface area (Å²) >= 11 is 0. The highest BCUT2D eigenvalue weighted by Gasteiger charge is 2.42. The van der Waals surface area contributed by atoms with E-state index in [1.165, 1.54) is 38.8 Å². The number of hydrogen-bond donors (Lipinski definition) is 0. The average molecular weight is 701 g/mol. The molecule has 7 heteroatoms. The molecule has 4 aromatic heterocycles. The van der Waals surface area contributed by atoms with Gasteiger partial charge in [0.05, 0.1) is 22.1 Å². The first-order valence-electron chi connectivity index (χ1n) is 18.8.